The first-order chi connectivity index (χ1) is 8.22. The summed E-state index contributed by atoms with van der Waals surface area (Å²) in [5.74, 6) is 0. The SMILES string of the molecule is CNCCC=Cc1c[nH]c2nc(Cl)nc(Cl)c12. The Hall–Kier alpha value is -1.10. The molecule has 0 aliphatic heterocycles. The molecule has 0 aliphatic rings. The summed E-state index contributed by atoms with van der Waals surface area (Å²) in [6.07, 6.45) is 6.87. The molecule has 2 N–H and O–H groups in total. The van der Waals surface area contributed by atoms with E-state index in [4.69, 9.17) is 23.2 Å². The first-order valence-corrected chi connectivity index (χ1v) is 5.99. The van der Waals surface area contributed by atoms with E-state index in [1.54, 1.807) is 0 Å². The fourth-order valence-corrected chi connectivity index (χ4v) is 2.05. The van der Waals surface area contributed by atoms with E-state index < -0.39 is 0 Å². The maximum absolute atomic E-state index is 6.05. The van der Waals surface area contributed by atoms with Crippen molar-refractivity contribution >= 4 is 40.3 Å². The van der Waals surface area contributed by atoms with Gasteiger partial charge in [0.25, 0.3) is 0 Å². The van der Waals surface area contributed by atoms with Crippen molar-refractivity contribution in [1.82, 2.24) is 20.3 Å². The van der Waals surface area contributed by atoms with E-state index in [0.717, 1.165) is 23.9 Å². The molecule has 0 aromatic carbocycles. The number of hydrogen-bond donors (Lipinski definition) is 2. The zero-order chi connectivity index (χ0) is 12.3. The minimum Gasteiger partial charge on any atom is -0.345 e. The zero-order valence-electron chi connectivity index (χ0n) is 9.30. The van der Waals surface area contributed by atoms with Crippen molar-refractivity contribution in [1.29, 1.82) is 0 Å². The summed E-state index contributed by atoms with van der Waals surface area (Å²) in [7, 11) is 1.92. The highest BCUT2D eigenvalue weighted by atomic mass is 35.5. The van der Waals surface area contributed by atoms with E-state index in [9.17, 15) is 0 Å². The predicted molar refractivity (Wildman–Crippen MR) is 71.5 cm³/mol. The van der Waals surface area contributed by atoms with Crippen LogP contribution >= 0.6 is 23.2 Å². The number of H-pyrrole nitrogens is 1. The first-order valence-electron chi connectivity index (χ1n) is 5.23. The van der Waals surface area contributed by atoms with E-state index in [2.05, 4.69) is 26.3 Å². The van der Waals surface area contributed by atoms with E-state index >= 15 is 0 Å². The Balaban J connectivity index is 2.33. The van der Waals surface area contributed by atoms with Gasteiger partial charge < -0.3 is 10.3 Å². The maximum atomic E-state index is 6.05. The highest BCUT2D eigenvalue weighted by Gasteiger charge is 2.09. The van der Waals surface area contributed by atoms with Crippen LogP contribution in [-0.4, -0.2) is 28.5 Å². The van der Waals surface area contributed by atoms with Gasteiger partial charge in [-0.25, -0.2) is 4.98 Å². The quantitative estimate of drug-likeness (QED) is 0.510. The molecule has 0 bridgehead atoms. The number of halogens is 2. The van der Waals surface area contributed by atoms with Crippen LogP contribution < -0.4 is 5.32 Å². The van der Waals surface area contributed by atoms with E-state index in [-0.39, 0.29) is 5.28 Å². The molecule has 2 aromatic rings. The van der Waals surface area contributed by atoms with Gasteiger partial charge in [0.2, 0.25) is 5.28 Å². The molecule has 0 unspecified atom stereocenters. The third kappa shape index (κ3) is 2.77. The van der Waals surface area contributed by atoms with Crippen LogP contribution in [-0.2, 0) is 0 Å². The summed E-state index contributed by atoms with van der Waals surface area (Å²) >= 11 is 11.8. The van der Waals surface area contributed by atoms with Crippen molar-refractivity contribution in [2.75, 3.05) is 13.6 Å². The summed E-state index contributed by atoms with van der Waals surface area (Å²) in [5.41, 5.74) is 1.63. The molecule has 0 atom stereocenters. The van der Waals surface area contributed by atoms with Crippen LogP contribution in [0.3, 0.4) is 0 Å². The number of nitrogens with one attached hydrogen (secondary N) is 2. The van der Waals surface area contributed by atoms with Crippen LogP contribution in [0, 0.1) is 0 Å². The monoisotopic (exact) mass is 270 g/mol. The van der Waals surface area contributed by atoms with Gasteiger partial charge in [0.1, 0.15) is 10.8 Å². The average Bonchev–Trinajstić information content (AvgIpc) is 2.68. The molecule has 2 heterocycles. The van der Waals surface area contributed by atoms with Gasteiger partial charge in [0.15, 0.2) is 0 Å². The molecule has 0 radical (unpaired) electrons. The third-order valence-electron chi connectivity index (χ3n) is 2.35. The fraction of sp³-hybridized carbons (Fsp3) is 0.273. The van der Waals surface area contributed by atoms with Gasteiger partial charge >= 0.3 is 0 Å². The molecule has 0 fully saturated rings. The zero-order valence-corrected chi connectivity index (χ0v) is 10.8. The summed E-state index contributed by atoms with van der Waals surface area (Å²) in [6.45, 7) is 0.939. The lowest BCUT2D eigenvalue weighted by atomic mass is 10.2. The van der Waals surface area contributed by atoms with Crippen LogP contribution in [0.25, 0.3) is 17.1 Å². The molecule has 4 nitrogen and oxygen atoms in total. The molecular formula is C11H12Cl2N4. The Kier molecular flexibility index (Phi) is 3.99. The van der Waals surface area contributed by atoms with Gasteiger partial charge in [0.05, 0.1) is 5.39 Å². The molecule has 0 spiro atoms. The third-order valence-corrected chi connectivity index (χ3v) is 2.79. The van der Waals surface area contributed by atoms with Crippen molar-refractivity contribution in [2.45, 2.75) is 6.42 Å². The van der Waals surface area contributed by atoms with E-state index in [0.29, 0.717) is 10.8 Å². The lowest BCUT2D eigenvalue weighted by Gasteiger charge is -1.96. The number of aromatic amines is 1. The van der Waals surface area contributed by atoms with Crippen molar-refractivity contribution in [3.8, 4) is 0 Å². The van der Waals surface area contributed by atoms with Gasteiger partial charge in [-0.05, 0) is 31.6 Å². The summed E-state index contributed by atoms with van der Waals surface area (Å²) < 4.78 is 0. The summed E-state index contributed by atoms with van der Waals surface area (Å²) in [6, 6.07) is 0. The fourth-order valence-electron chi connectivity index (χ4n) is 1.56. The van der Waals surface area contributed by atoms with Gasteiger partial charge in [0, 0.05) is 11.8 Å². The second-order valence-corrected chi connectivity index (χ2v) is 4.24. The predicted octanol–water partition coefficient (Wildman–Crippen LogP) is 2.89. The largest absolute Gasteiger partial charge is 0.345 e. The Bertz CT molecular complexity index is 548. The Morgan fingerprint density at radius 1 is 1.41 bits per heavy atom. The minimum absolute atomic E-state index is 0.148. The van der Waals surface area contributed by atoms with Crippen molar-refractivity contribution in [3.63, 3.8) is 0 Å². The minimum atomic E-state index is 0.148. The molecule has 90 valence electrons. The normalized spacial score (nSPS) is 11.7. The first kappa shape index (κ1) is 12.4. The molecule has 0 saturated carbocycles. The van der Waals surface area contributed by atoms with Crippen LogP contribution in [0.15, 0.2) is 12.3 Å². The number of fused-ring (bicyclic) bond motifs is 1. The van der Waals surface area contributed by atoms with Gasteiger partial charge in [-0.3, -0.25) is 0 Å². The molecular weight excluding hydrogens is 259 g/mol. The molecule has 2 rings (SSSR count). The van der Waals surface area contributed by atoms with Crippen molar-refractivity contribution in [3.05, 3.63) is 28.3 Å². The molecule has 0 aliphatic carbocycles. The highest BCUT2D eigenvalue weighted by molar-refractivity contribution is 6.36. The molecule has 6 heteroatoms. The van der Waals surface area contributed by atoms with Gasteiger partial charge in [-0.15, -0.1) is 0 Å². The molecule has 2 aromatic heterocycles. The number of rotatable bonds is 4. The van der Waals surface area contributed by atoms with Gasteiger partial charge in [-0.1, -0.05) is 23.8 Å². The second-order valence-electron chi connectivity index (χ2n) is 3.55. The van der Waals surface area contributed by atoms with Crippen LogP contribution in [0.5, 0.6) is 0 Å². The topological polar surface area (TPSA) is 53.6 Å². The van der Waals surface area contributed by atoms with Crippen molar-refractivity contribution < 1.29 is 0 Å². The average molecular weight is 271 g/mol. The standard InChI is InChI=1S/C11H12Cl2N4/c1-14-5-3-2-4-7-6-15-10-8(7)9(12)16-11(13)17-10/h2,4,6,14H,3,5H2,1H3,(H,15,16,17). The smallest absolute Gasteiger partial charge is 0.225 e. The number of nitrogens with zero attached hydrogens (tertiary/aromatic N) is 2. The van der Waals surface area contributed by atoms with Gasteiger partial charge in [-0.2, -0.15) is 4.98 Å². The number of hydrogen-bond acceptors (Lipinski definition) is 3. The number of aromatic nitrogens is 3. The Morgan fingerprint density at radius 2 is 2.24 bits per heavy atom. The van der Waals surface area contributed by atoms with Crippen LogP contribution in [0.2, 0.25) is 10.4 Å². The summed E-state index contributed by atoms with van der Waals surface area (Å²) in [4.78, 5) is 11.0. The van der Waals surface area contributed by atoms with E-state index in [1.807, 2.05) is 19.3 Å². The molecule has 0 saturated heterocycles. The second kappa shape index (κ2) is 5.49. The van der Waals surface area contributed by atoms with E-state index in [1.165, 1.54) is 0 Å². The Morgan fingerprint density at radius 3 is 3.00 bits per heavy atom. The Labute approximate surface area is 109 Å². The maximum Gasteiger partial charge on any atom is 0.225 e. The molecule has 17 heavy (non-hydrogen) atoms. The highest BCUT2D eigenvalue weighted by Crippen LogP contribution is 2.26. The molecule has 0 amide bonds. The van der Waals surface area contributed by atoms with Crippen LogP contribution in [0.1, 0.15) is 12.0 Å². The van der Waals surface area contributed by atoms with Crippen LogP contribution in [0.4, 0.5) is 0 Å². The lowest BCUT2D eigenvalue weighted by Crippen LogP contribution is -2.05. The summed E-state index contributed by atoms with van der Waals surface area (Å²) in [5, 5.41) is 4.40. The van der Waals surface area contributed by atoms with Crippen molar-refractivity contribution in [2.24, 2.45) is 0 Å². The lowest BCUT2D eigenvalue weighted by molar-refractivity contribution is 0.809.